The summed E-state index contributed by atoms with van der Waals surface area (Å²) in [5, 5.41) is 3.86. The average molecular weight is 469 g/mol. The highest BCUT2D eigenvalue weighted by molar-refractivity contribution is 6.08. The Morgan fingerprint density at radius 1 is 0.714 bits per heavy atom. The first-order valence-corrected chi connectivity index (χ1v) is 11.2. The molecule has 0 unspecified atom stereocenters. The monoisotopic (exact) mass is 469 g/mol. The van der Waals surface area contributed by atoms with Crippen molar-refractivity contribution in [1.82, 2.24) is 15.3 Å². The SMILES string of the molecule is O=C(NC1CC1)c1cc(-c2cc(-c3ccc(F)cc3)nc3ccc(F)cc23)nc2ccc(F)cc12. The van der Waals surface area contributed by atoms with E-state index in [9.17, 15) is 18.0 Å². The smallest absolute Gasteiger partial charge is 0.252 e. The number of hydrogen-bond donors (Lipinski definition) is 1. The molecule has 35 heavy (non-hydrogen) atoms. The van der Waals surface area contributed by atoms with E-state index in [1.165, 1.54) is 42.5 Å². The summed E-state index contributed by atoms with van der Waals surface area (Å²) in [4.78, 5) is 22.4. The Balaban J connectivity index is 1.61. The van der Waals surface area contributed by atoms with Gasteiger partial charge in [0.2, 0.25) is 0 Å². The predicted octanol–water partition coefficient (Wildman–Crippen LogP) is 6.43. The summed E-state index contributed by atoms with van der Waals surface area (Å²) in [6.07, 6.45) is 1.82. The number of amides is 1. The van der Waals surface area contributed by atoms with Crippen LogP contribution in [0.2, 0.25) is 0 Å². The zero-order valence-corrected chi connectivity index (χ0v) is 18.4. The second-order valence-corrected chi connectivity index (χ2v) is 8.69. The first-order chi connectivity index (χ1) is 16.9. The van der Waals surface area contributed by atoms with Crippen LogP contribution in [0.1, 0.15) is 23.2 Å². The summed E-state index contributed by atoms with van der Waals surface area (Å²) < 4.78 is 41.8. The van der Waals surface area contributed by atoms with Crippen LogP contribution in [0.3, 0.4) is 0 Å². The fourth-order valence-electron chi connectivity index (χ4n) is 4.19. The van der Waals surface area contributed by atoms with Gasteiger partial charge in [-0.05, 0) is 85.6 Å². The number of nitrogens with one attached hydrogen (secondary N) is 1. The van der Waals surface area contributed by atoms with Crippen molar-refractivity contribution in [3.63, 3.8) is 0 Å². The van der Waals surface area contributed by atoms with E-state index in [1.807, 2.05) is 0 Å². The van der Waals surface area contributed by atoms with Crippen LogP contribution in [0.5, 0.6) is 0 Å². The van der Waals surface area contributed by atoms with Crippen LogP contribution in [0.4, 0.5) is 13.2 Å². The van der Waals surface area contributed by atoms with E-state index < -0.39 is 11.6 Å². The number of carbonyl (C=O) groups is 1. The summed E-state index contributed by atoms with van der Waals surface area (Å²) in [5.74, 6) is -1.59. The van der Waals surface area contributed by atoms with Crippen LogP contribution in [0, 0.1) is 17.5 Å². The number of carbonyl (C=O) groups excluding carboxylic acids is 1. The number of pyridine rings is 2. The van der Waals surface area contributed by atoms with Crippen molar-refractivity contribution < 1.29 is 18.0 Å². The molecule has 2 heterocycles. The minimum atomic E-state index is -0.470. The first-order valence-electron chi connectivity index (χ1n) is 11.2. The van der Waals surface area contributed by atoms with Gasteiger partial charge in [0.05, 0.1) is 28.0 Å². The van der Waals surface area contributed by atoms with Crippen molar-refractivity contribution >= 4 is 27.7 Å². The maximum atomic E-state index is 14.3. The second kappa shape index (κ2) is 8.20. The van der Waals surface area contributed by atoms with Crippen LogP contribution >= 0.6 is 0 Å². The topological polar surface area (TPSA) is 54.9 Å². The molecular weight excluding hydrogens is 451 g/mol. The van der Waals surface area contributed by atoms with E-state index in [0.717, 1.165) is 12.8 Å². The van der Waals surface area contributed by atoms with E-state index >= 15 is 0 Å². The van der Waals surface area contributed by atoms with E-state index in [2.05, 4.69) is 10.3 Å². The Kier molecular flexibility index (Phi) is 4.99. The zero-order valence-electron chi connectivity index (χ0n) is 18.4. The number of fused-ring (bicyclic) bond motifs is 2. The molecule has 5 aromatic rings. The van der Waals surface area contributed by atoms with Crippen LogP contribution in [-0.2, 0) is 0 Å². The van der Waals surface area contributed by atoms with Gasteiger partial charge in [0.1, 0.15) is 17.5 Å². The minimum Gasteiger partial charge on any atom is -0.349 e. The average Bonchev–Trinajstić information content (AvgIpc) is 3.67. The van der Waals surface area contributed by atoms with Crippen molar-refractivity contribution in [2.45, 2.75) is 18.9 Å². The molecule has 4 nitrogen and oxygen atoms in total. The summed E-state index contributed by atoms with van der Waals surface area (Å²) >= 11 is 0. The van der Waals surface area contributed by atoms with Crippen molar-refractivity contribution in [1.29, 1.82) is 0 Å². The highest BCUT2D eigenvalue weighted by Crippen LogP contribution is 2.34. The largest absolute Gasteiger partial charge is 0.349 e. The molecule has 1 amide bonds. The fraction of sp³-hybridized carbons (Fsp3) is 0.107. The van der Waals surface area contributed by atoms with Gasteiger partial charge in [-0.1, -0.05) is 0 Å². The minimum absolute atomic E-state index is 0.114. The van der Waals surface area contributed by atoms with E-state index in [1.54, 1.807) is 30.3 Å². The van der Waals surface area contributed by atoms with Crippen LogP contribution in [0.25, 0.3) is 44.3 Å². The van der Waals surface area contributed by atoms with Crippen molar-refractivity contribution in [2.75, 3.05) is 0 Å². The number of nitrogens with zero attached hydrogens (tertiary/aromatic N) is 2. The van der Waals surface area contributed by atoms with E-state index in [0.29, 0.717) is 49.9 Å². The molecule has 1 aliphatic rings. The molecule has 1 N–H and O–H groups in total. The Morgan fingerprint density at radius 3 is 2.00 bits per heavy atom. The predicted molar refractivity (Wildman–Crippen MR) is 128 cm³/mol. The third-order valence-corrected chi connectivity index (χ3v) is 6.11. The maximum absolute atomic E-state index is 14.3. The number of rotatable bonds is 4. The lowest BCUT2D eigenvalue weighted by Crippen LogP contribution is -2.25. The molecule has 0 spiro atoms. The van der Waals surface area contributed by atoms with Gasteiger partial charge in [-0.2, -0.15) is 0 Å². The molecule has 0 saturated heterocycles. The van der Waals surface area contributed by atoms with Gasteiger partial charge in [-0.25, -0.2) is 23.1 Å². The lowest BCUT2D eigenvalue weighted by atomic mass is 9.98. The molecule has 1 saturated carbocycles. The van der Waals surface area contributed by atoms with Gasteiger partial charge in [0, 0.05) is 27.9 Å². The molecule has 0 atom stereocenters. The molecule has 7 heteroatoms. The highest BCUT2D eigenvalue weighted by Gasteiger charge is 2.25. The Labute approximate surface area is 198 Å². The molecule has 0 aliphatic heterocycles. The lowest BCUT2D eigenvalue weighted by molar-refractivity contribution is 0.0952. The van der Waals surface area contributed by atoms with E-state index in [-0.39, 0.29) is 17.8 Å². The molecular formula is C28H18F3N3O. The molecule has 2 aromatic heterocycles. The van der Waals surface area contributed by atoms with Crippen molar-refractivity contribution in [2.24, 2.45) is 0 Å². The van der Waals surface area contributed by atoms with Crippen molar-refractivity contribution in [3.05, 3.63) is 95.8 Å². The number of hydrogen-bond acceptors (Lipinski definition) is 3. The third kappa shape index (κ3) is 4.10. The zero-order chi connectivity index (χ0) is 24.1. The standard InChI is InChI=1S/C28H18F3N3O/c29-16-3-1-15(2-4-16)26-13-22(20-11-17(30)5-9-24(20)33-26)27-14-23(28(35)32-19-7-8-19)21-12-18(31)6-10-25(21)34-27/h1-6,9-14,19H,7-8H2,(H,32,35). The molecule has 1 aliphatic carbocycles. The molecule has 0 radical (unpaired) electrons. The normalized spacial score (nSPS) is 13.3. The van der Waals surface area contributed by atoms with Gasteiger partial charge in [-0.3, -0.25) is 4.79 Å². The summed E-state index contributed by atoms with van der Waals surface area (Å²) in [7, 11) is 0. The van der Waals surface area contributed by atoms with Gasteiger partial charge in [0.25, 0.3) is 5.91 Å². The number of benzene rings is 3. The second-order valence-electron chi connectivity index (χ2n) is 8.69. The Bertz CT molecular complexity index is 1630. The number of halogens is 3. The highest BCUT2D eigenvalue weighted by atomic mass is 19.1. The van der Waals surface area contributed by atoms with Gasteiger partial charge < -0.3 is 5.32 Å². The summed E-state index contributed by atoms with van der Waals surface area (Å²) in [5.41, 5.74) is 3.45. The third-order valence-electron chi connectivity index (χ3n) is 6.11. The quantitative estimate of drug-likeness (QED) is 0.330. The van der Waals surface area contributed by atoms with Gasteiger partial charge >= 0.3 is 0 Å². The first kappa shape index (κ1) is 21.3. The summed E-state index contributed by atoms with van der Waals surface area (Å²) in [6, 6.07) is 17.7. The molecule has 172 valence electrons. The molecule has 6 rings (SSSR count). The Morgan fingerprint density at radius 2 is 1.31 bits per heavy atom. The molecule has 0 bridgehead atoms. The van der Waals surface area contributed by atoms with Crippen LogP contribution < -0.4 is 5.32 Å². The van der Waals surface area contributed by atoms with Crippen molar-refractivity contribution in [3.8, 4) is 22.5 Å². The van der Waals surface area contributed by atoms with Gasteiger partial charge in [-0.15, -0.1) is 0 Å². The lowest BCUT2D eigenvalue weighted by Gasteiger charge is -2.13. The molecule has 3 aromatic carbocycles. The molecule has 1 fully saturated rings. The Hall–Kier alpha value is -4.26. The van der Waals surface area contributed by atoms with Gasteiger partial charge in [0.15, 0.2) is 0 Å². The summed E-state index contributed by atoms with van der Waals surface area (Å²) in [6.45, 7) is 0. The fourth-order valence-corrected chi connectivity index (χ4v) is 4.19. The van der Waals surface area contributed by atoms with Crippen LogP contribution in [-0.4, -0.2) is 21.9 Å². The van der Waals surface area contributed by atoms with Crippen LogP contribution in [0.15, 0.2) is 72.8 Å². The maximum Gasteiger partial charge on any atom is 0.252 e. The van der Waals surface area contributed by atoms with E-state index in [4.69, 9.17) is 4.98 Å². The number of aromatic nitrogens is 2.